The van der Waals surface area contributed by atoms with Crippen LogP contribution in [0.4, 0.5) is 0 Å². The average Bonchev–Trinajstić information content (AvgIpc) is 2.53. The number of aromatic nitrogens is 2. The highest BCUT2D eigenvalue weighted by Gasteiger charge is 2.18. The molecule has 6 heteroatoms. The molecule has 0 spiro atoms. The Morgan fingerprint density at radius 1 is 1.24 bits per heavy atom. The maximum Gasteiger partial charge on any atom is 0.316 e. The Morgan fingerprint density at radius 3 is 2.48 bits per heavy atom. The van der Waals surface area contributed by atoms with Crippen LogP contribution < -0.4 is 5.56 Å². The number of ether oxygens (including phenoxy) is 1. The molecule has 0 N–H and O–H groups in total. The van der Waals surface area contributed by atoms with E-state index >= 15 is 0 Å². The van der Waals surface area contributed by atoms with Gasteiger partial charge >= 0.3 is 5.97 Å². The summed E-state index contributed by atoms with van der Waals surface area (Å²) in [5, 5.41) is 0.519. The molecule has 134 valence electrons. The standard InChI is InChI=1S/C19H24N2O3S/c1-13-15(11-14-9-7-6-8-10-14)17(23)21(5)18(20-13)25-12-16(22)24-19(2,3)4/h6-10H,11-12H2,1-5H3. The van der Waals surface area contributed by atoms with Gasteiger partial charge in [0.1, 0.15) is 5.60 Å². The first-order valence-electron chi connectivity index (χ1n) is 8.12. The molecule has 0 radical (unpaired) electrons. The summed E-state index contributed by atoms with van der Waals surface area (Å²) in [5.74, 6) is -0.201. The summed E-state index contributed by atoms with van der Waals surface area (Å²) < 4.78 is 6.79. The second-order valence-electron chi connectivity index (χ2n) is 6.86. The van der Waals surface area contributed by atoms with Crippen LogP contribution in [0, 0.1) is 6.92 Å². The lowest BCUT2D eigenvalue weighted by Crippen LogP contribution is -2.27. The lowest BCUT2D eigenvalue weighted by atomic mass is 10.1. The van der Waals surface area contributed by atoms with Gasteiger partial charge < -0.3 is 4.74 Å². The van der Waals surface area contributed by atoms with Crippen LogP contribution in [0.5, 0.6) is 0 Å². The molecule has 1 heterocycles. The third kappa shape index (κ3) is 5.46. The van der Waals surface area contributed by atoms with Crippen LogP contribution in [0.2, 0.25) is 0 Å². The normalized spacial score (nSPS) is 11.4. The molecule has 1 aromatic carbocycles. The van der Waals surface area contributed by atoms with Crippen molar-refractivity contribution in [1.29, 1.82) is 0 Å². The number of hydrogen-bond acceptors (Lipinski definition) is 5. The Morgan fingerprint density at radius 2 is 1.88 bits per heavy atom. The highest BCUT2D eigenvalue weighted by molar-refractivity contribution is 7.99. The number of carbonyl (C=O) groups excluding carboxylic acids is 1. The zero-order valence-corrected chi connectivity index (χ0v) is 16.1. The Kier molecular flexibility index (Phi) is 6.06. The third-order valence-corrected chi connectivity index (χ3v) is 4.52. The van der Waals surface area contributed by atoms with Crippen LogP contribution in [-0.2, 0) is 23.0 Å². The molecule has 0 unspecified atom stereocenters. The van der Waals surface area contributed by atoms with Crippen molar-refractivity contribution in [2.24, 2.45) is 7.05 Å². The molecule has 1 aromatic heterocycles. The van der Waals surface area contributed by atoms with E-state index in [4.69, 9.17) is 4.74 Å². The molecule has 25 heavy (non-hydrogen) atoms. The molecule has 0 aliphatic rings. The van der Waals surface area contributed by atoms with Crippen molar-refractivity contribution in [2.45, 2.75) is 44.9 Å². The number of nitrogens with zero attached hydrogens (tertiary/aromatic N) is 2. The van der Waals surface area contributed by atoms with E-state index in [2.05, 4.69) is 4.98 Å². The summed E-state index contributed by atoms with van der Waals surface area (Å²) in [4.78, 5) is 29.1. The maximum atomic E-state index is 12.7. The molecule has 0 saturated heterocycles. The molecule has 5 nitrogen and oxygen atoms in total. The van der Waals surface area contributed by atoms with Gasteiger partial charge in [0.05, 0.1) is 5.75 Å². The van der Waals surface area contributed by atoms with Gasteiger partial charge in [0.15, 0.2) is 5.16 Å². The molecule has 0 aliphatic carbocycles. The van der Waals surface area contributed by atoms with Crippen molar-refractivity contribution in [3.63, 3.8) is 0 Å². The SMILES string of the molecule is Cc1nc(SCC(=O)OC(C)(C)C)n(C)c(=O)c1Cc1ccccc1. The quantitative estimate of drug-likeness (QED) is 0.466. The Bertz CT molecular complexity index is 808. The van der Waals surface area contributed by atoms with E-state index in [0.717, 1.165) is 5.56 Å². The molecule has 0 aliphatic heterocycles. The number of rotatable bonds is 5. The van der Waals surface area contributed by atoms with Crippen molar-refractivity contribution >= 4 is 17.7 Å². The minimum absolute atomic E-state index is 0.0805. The average molecular weight is 360 g/mol. The van der Waals surface area contributed by atoms with Gasteiger partial charge in [-0.25, -0.2) is 4.98 Å². The molecule has 0 amide bonds. The molecular weight excluding hydrogens is 336 g/mol. The first-order chi connectivity index (χ1) is 11.7. The van der Waals surface area contributed by atoms with Crippen molar-refractivity contribution in [3.05, 3.63) is 57.5 Å². The first kappa shape index (κ1) is 19.2. The van der Waals surface area contributed by atoms with Gasteiger partial charge in [0, 0.05) is 24.7 Å². The fourth-order valence-electron chi connectivity index (χ4n) is 2.36. The monoisotopic (exact) mass is 360 g/mol. The molecule has 2 aromatic rings. The van der Waals surface area contributed by atoms with Crippen LogP contribution in [0.3, 0.4) is 0 Å². The van der Waals surface area contributed by atoms with Crippen molar-refractivity contribution in [1.82, 2.24) is 9.55 Å². The zero-order chi connectivity index (χ0) is 18.6. The number of benzene rings is 1. The van der Waals surface area contributed by atoms with Gasteiger partial charge in [0.2, 0.25) is 0 Å². The predicted octanol–water partition coefficient (Wildman–Crippen LogP) is 3.11. The number of thioether (sulfide) groups is 1. The van der Waals surface area contributed by atoms with Crippen molar-refractivity contribution < 1.29 is 9.53 Å². The lowest BCUT2D eigenvalue weighted by molar-refractivity contribution is -0.151. The largest absolute Gasteiger partial charge is 0.459 e. The van der Waals surface area contributed by atoms with E-state index in [1.165, 1.54) is 16.3 Å². The number of aryl methyl sites for hydroxylation is 1. The molecule has 0 fully saturated rings. The highest BCUT2D eigenvalue weighted by atomic mass is 32.2. The van der Waals surface area contributed by atoms with Crippen molar-refractivity contribution in [3.8, 4) is 0 Å². The molecular formula is C19H24N2O3S. The Balaban J connectivity index is 2.17. The summed E-state index contributed by atoms with van der Waals surface area (Å²) >= 11 is 1.22. The second-order valence-corrected chi connectivity index (χ2v) is 7.80. The molecule has 0 atom stereocenters. The van der Waals surface area contributed by atoms with Crippen LogP contribution in [0.25, 0.3) is 0 Å². The van der Waals surface area contributed by atoms with Gasteiger partial charge in [-0.05, 0) is 33.3 Å². The van der Waals surface area contributed by atoms with Crippen LogP contribution in [0.15, 0.2) is 40.3 Å². The smallest absolute Gasteiger partial charge is 0.316 e. The van der Waals surface area contributed by atoms with Crippen LogP contribution in [-0.4, -0.2) is 26.9 Å². The van der Waals surface area contributed by atoms with E-state index in [1.807, 2.05) is 58.0 Å². The summed E-state index contributed by atoms with van der Waals surface area (Å²) in [6.45, 7) is 7.31. The van der Waals surface area contributed by atoms with Gasteiger partial charge in [-0.3, -0.25) is 14.2 Å². The van der Waals surface area contributed by atoms with E-state index in [-0.39, 0.29) is 17.3 Å². The second kappa shape index (κ2) is 7.87. The molecule has 2 rings (SSSR count). The van der Waals surface area contributed by atoms with E-state index in [9.17, 15) is 9.59 Å². The summed E-state index contributed by atoms with van der Waals surface area (Å²) in [5.41, 5.74) is 1.84. The first-order valence-corrected chi connectivity index (χ1v) is 9.11. The predicted molar refractivity (Wildman–Crippen MR) is 100 cm³/mol. The van der Waals surface area contributed by atoms with Gasteiger partial charge in [0.25, 0.3) is 5.56 Å². The van der Waals surface area contributed by atoms with Gasteiger partial charge in [-0.1, -0.05) is 42.1 Å². The van der Waals surface area contributed by atoms with Crippen LogP contribution in [0.1, 0.15) is 37.6 Å². The van der Waals surface area contributed by atoms with E-state index < -0.39 is 5.60 Å². The minimum atomic E-state index is -0.521. The topological polar surface area (TPSA) is 61.2 Å². The fraction of sp³-hybridized carbons (Fsp3) is 0.421. The zero-order valence-electron chi connectivity index (χ0n) is 15.3. The minimum Gasteiger partial charge on any atom is -0.459 e. The van der Waals surface area contributed by atoms with Crippen molar-refractivity contribution in [2.75, 3.05) is 5.75 Å². The lowest BCUT2D eigenvalue weighted by Gasteiger charge is -2.19. The Labute approximate surface area is 152 Å². The summed E-state index contributed by atoms with van der Waals surface area (Å²) in [6.07, 6.45) is 0.545. The maximum absolute atomic E-state index is 12.7. The number of esters is 1. The number of carbonyl (C=O) groups is 1. The van der Waals surface area contributed by atoms with Gasteiger partial charge in [-0.2, -0.15) is 0 Å². The van der Waals surface area contributed by atoms with E-state index in [0.29, 0.717) is 22.8 Å². The molecule has 0 bridgehead atoms. The molecule has 0 saturated carbocycles. The highest BCUT2D eigenvalue weighted by Crippen LogP contribution is 2.18. The van der Waals surface area contributed by atoms with Crippen LogP contribution >= 0.6 is 11.8 Å². The fourth-order valence-corrected chi connectivity index (χ4v) is 3.14. The third-order valence-electron chi connectivity index (χ3n) is 3.51. The van der Waals surface area contributed by atoms with E-state index in [1.54, 1.807) is 7.05 Å². The summed E-state index contributed by atoms with van der Waals surface area (Å²) in [7, 11) is 1.68. The summed E-state index contributed by atoms with van der Waals surface area (Å²) in [6, 6.07) is 9.83. The van der Waals surface area contributed by atoms with Gasteiger partial charge in [-0.15, -0.1) is 0 Å². The number of hydrogen-bond donors (Lipinski definition) is 0. The Hall–Kier alpha value is -2.08.